The number of carbonyl (C=O) groups is 1. The molecular formula is C19H21BrClN5O. The third kappa shape index (κ3) is 4.42. The van der Waals surface area contributed by atoms with Gasteiger partial charge in [-0.1, -0.05) is 30.7 Å². The first-order chi connectivity index (χ1) is 12.9. The minimum absolute atomic E-state index is 0.122. The van der Waals surface area contributed by atoms with Crippen molar-refractivity contribution < 1.29 is 4.79 Å². The molecule has 2 aromatic heterocycles. The second-order valence-electron chi connectivity index (χ2n) is 6.39. The molecule has 0 aliphatic carbocycles. The SMILES string of the molecule is CCC(C(=O)Nc1cccc(Cn2nc(C)c(Br)c2C)c1)n1cc(Cl)cn1. The maximum Gasteiger partial charge on any atom is 0.249 e. The Morgan fingerprint density at radius 1 is 1.37 bits per heavy atom. The number of anilines is 1. The van der Waals surface area contributed by atoms with E-state index >= 15 is 0 Å². The summed E-state index contributed by atoms with van der Waals surface area (Å²) in [6.45, 7) is 6.57. The molecule has 1 N–H and O–H groups in total. The summed E-state index contributed by atoms with van der Waals surface area (Å²) in [5.74, 6) is -0.122. The summed E-state index contributed by atoms with van der Waals surface area (Å²) in [4.78, 5) is 12.7. The van der Waals surface area contributed by atoms with Crippen LogP contribution < -0.4 is 5.32 Å². The van der Waals surface area contributed by atoms with Gasteiger partial charge in [0.2, 0.25) is 5.91 Å². The number of nitrogens with one attached hydrogen (secondary N) is 1. The molecule has 0 radical (unpaired) electrons. The third-order valence-corrected chi connectivity index (χ3v) is 5.74. The molecule has 1 unspecified atom stereocenters. The van der Waals surface area contributed by atoms with Crippen LogP contribution in [0.25, 0.3) is 0 Å². The molecule has 3 aromatic rings. The van der Waals surface area contributed by atoms with Crippen LogP contribution in [0.4, 0.5) is 5.69 Å². The summed E-state index contributed by atoms with van der Waals surface area (Å²) < 4.78 is 4.56. The van der Waals surface area contributed by atoms with Crippen LogP contribution in [0.3, 0.4) is 0 Å². The van der Waals surface area contributed by atoms with E-state index in [4.69, 9.17) is 11.6 Å². The number of rotatable bonds is 6. The molecule has 0 bridgehead atoms. The topological polar surface area (TPSA) is 64.7 Å². The summed E-state index contributed by atoms with van der Waals surface area (Å²) in [6.07, 6.45) is 3.81. The van der Waals surface area contributed by atoms with Crippen LogP contribution in [-0.2, 0) is 11.3 Å². The Kier molecular flexibility index (Phi) is 6.01. The van der Waals surface area contributed by atoms with Crippen molar-refractivity contribution in [3.63, 3.8) is 0 Å². The quantitative estimate of drug-likeness (QED) is 0.589. The second-order valence-corrected chi connectivity index (χ2v) is 7.62. The van der Waals surface area contributed by atoms with Crippen LogP contribution in [-0.4, -0.2) is 25.5 Å². The van der Waals surface area contributed by atoms with Gasteiger partial charge in [0.05, 0.1) is 33.6 Å². The number of benzene rings is 1. The van der Waals surface area contributed by atoms with E-state index in [9.17, 15) is 4.79 Å². The van der Waals surface area contributed by atoms with Crippen molar-refractivity contribution >= 4 is 39.1 Å². The van der Waals surface area contributed by atoms with Crippen LogP contribution in [0.1, 0.15) is 36.3 Å². The smallest absolute Gasteiger partial charge is 0.249 e. The molecule has 142 valence electrons. The molecule has 1 atom stereocenters. The number of halogens is 2. The lowest BCUT2D eigenvalue weighted by Gasteiger charge is -2.16. The Morgan fingerprint density at radius 2 is 2.15 bits per heavy atom. The average Bonchev–Trinajstić information content (AvgIpc) is 3.15. The van der Waals surface area contributed by atoms with E-state index in [0.717, 1.165) is 27.1 Å². The fourth-order valence-electron chi connectivity index (χ4n) is 2.95. The minimum atomic E-state index is -0.409. The molecular weight excluding hydrogens is 430 g/mol. The van der Waals surface area contributed by atoms with E-state index in [0.29, 0.717) is 18.0 Å². The Bertz CT molecular complexity index is 965. The first-order valence-corrected chi connectivity index (χ1v) is 9.85. The summed E-state index contributed by atoms with van der Waals surface area (Å²) in [5.41, 5.74) is 3.83. The molecule has 0 saturated heterocycles. The number of hydrogen-bond donors (Lipinski definition) is 1. The molecule has 0 aliphatic rings. The lowest BCUT2D eigenvalue weighted by atomic mass is 10.1. The molecule has 8 heteroatoms. The average molecular weight is 451 g/mol. The van der Waals surface area contributed by atoms with Gasteiger partial charge < -0.3 is 5.32 Å². The van der Waals surface area contributed by atoms with E-state index < -0.39 is 6.04 Å². The van der Waals surface area contributed by atoms with Crippen LogP contribution >= 0.6 is 27.5 Å². The molecule has 6 nitrogen and oxygen atoms in total. The monoisotopic (exact) mass is 449 g/mol. The van der Waals surface area contributed by atoms with Gasteiger partial charge in [0.1, 0.15) is 6.04 Å². The normalized spacial score (nSPS) is 12.2. The van der Waals surface area contributed by atoms with Crippen molar-refractivity contribution in [1.82, 2.24) is 19.6 Å². The zero-order chi connectivity index (χ0) is 19.6. The van der Waals surface area contributed by atoms with Crippen LogP contribution in [0.15, 0.2) is 41.1 Å². The minimum Gasteiger partial charge on any atom is -0.324 e. The van der Waals surface area contributed by atoms with Gasteiger partial charge >= 0.3 is 0 Å². The number of nitrogens with zero attached hydrogens (tertiary/aromatic N) is 4. The largest absolute Gasteiger partial charge is 0.324 e. The fraction of sp³-hybridized carbons (Fsp3) is 0.316. The van der Waals surface area contributed by atoms with Gasteiger partial charge in [0, 0.05) is 11.9 Å². The van der Waals surface area contributed by atoms with Crippen molar-refractivity contribution in [3.05, 3.63) is 63.1 Å². The molecule has 2 heterocycles. The van der Waals surface area contributed by atoms with Gasteiger partial charge in [-0.25, -0.2) is 0 Å². The molecule has 0 fully saturated rings. The number of aryl methyl sites for hydroxylation is 1. The molecule has 3 rings (SSSR count). The summed E-state index contributed by atoms with van der Waals surface area (Å²) in [6, 6.07) is 7.38. The Hall–Kier alpha value is -2.12. The van der Waals surface area contributed by atoms with Gasteiger partial charge in [-0.15, -0.1) is 0 Å². The van der Waals surface area contributed by atoms with Crippen molar-refractivity contribution in [3.8, 4) is 0 Å². The molecule has 0 aliphatic heterocycles. The van der Waals surface area contributed by atoms with E-state index in [1.807, 2.05) is 49.7 Å². The zero-order valence-electron chi connectivity index (χ0n) is 15.4. The van der Waals surface area contributed by atoms with Crippen molar-refractivity contribution in [2.75, 3.05) is 5.32 Å². The Balaban J connectivity index is 1.75. The second kappa shape index (κ2) is 8.27. The predicted molar refractivity (Wildman–Crippen MR) is 110 cm³/mol. The van der Waals surface area contributed by atoms with Gasteiger partial charge in [-0.3, -0.25) is 14.2 Å². The van der Waals surface area contributed by atoms with Crippen LogP contribution in [0, 0.1) is 13.8 Å². The molecule has 0 spiro atoms. The Labute approximate surface area is 171 Å². The third-order valence-electron chi connectivity index (χ3n) is 4.40. The van der Waals surface area contributed by atoms with E-state index in [-0.39, 0.29) is 5.91 Å². The molecule has 0 saturated carbocycles. The highest BCUT2D eigenvalue weighted by Crippen LogP contribution is 2.22. The number of carbonyl (C=O) groups excluding carboxylic acids is 1. The van der Waals surface area contributed by atoms with Gasteiger partial charge in [-0.05, 0) is 53.9 Å². The lowest BCUT2D eigenvalue weighted by molar-refractivity contribution is -0.119. The van der Waals surface area contributed by atoms with Crippen molar-refractivity contribution in [2.24, 2.45) is 0 Å². The van der Waals surface area contributed by atoms with Crippen LogP contribution in [0.2, 0.25) is 5.02 Å². The first-order valence-electron chi connectivity index (χ1n) is 8.68. The molecule has 1 aromatic carbocycles. The van der Waals surface area contributed by atoms with E-state index in [1.54, 1.807) is 10.9 Å². The van der Waals surface area contributed by atoms with Gasteiger partial charge in [0.15, 0.2) is 0 Å². The summed E-state index contributed by atoms with van der Waals surface area (Å²) in [5, 5.41) is 12.2. The van der Waals surface area contributed by atoms with Crippen molar-refractivity contribution in [2.45, 2.75) is 39.8 Å². The van der Waals surface area contributed by atoms with Gasteiger partial charge in [-0.2, -0.15) is 10.2 Å². The van der Waals surface area contributed by atoms with Crippen LogP contribution in [0.5, 0.6) is 0 Å². The lowest BCUT2D eigenvalue weighted by Crippen LogP contribution is -2.26. The molecule has 1 amide bonds. The standard InChI is InChI=1S/C19H21BrClN5O/c1-4-17(26-11-15(21)9-22-26)19(27)23-16-7-5-6-14(8-16)10-25-13(3)18(20)12(2)24-25/h5-9,11,17H,4,10H2,1-3H3,(H,23,27). The highest BCUT2D eigenvalue weighted by Gasteiger charge is 2.19. The van der Waals surface area contributed by atoms with E-state index in [2.05, 4.69) is 31.4 Å². The first kappa shape index (κ1) is 19.6. The zero-order valence-corrected chi connectivity index (χ0v) is 17.8. The number of amides is 1. The van der Waals surface area contributed by atoms with Gasteiger partial charge in [0.25, 0.3) is 0 Å². The highest BCUT2D eigenvalue weighted by atomic mass is 79.9. The number of aromatic nitrogens is 4. The number of hydrogen-bond acceptors (Lipinski definition) is 3. The summed E-state index contributed by atoms with van der Waals surface area (Å²) in [7, 11) is 0. The summed E-state index contributed by atoms with van der Waals surface area (Å²) >= 11 is 9.47. The van der Waals surface area contributed by atoms with E-state index in [1.165, 1.54) is 6.20 Å². The highest BCUT2D eigenvalue weighted by molar-refractivity contribution is 9.10. The van der Waals surface area contributed by atoms with Crippen molar-refractivity contribution in [1.29, 1.82) is 0 Å². The predicted octanol–water partition coefficient (Wildman–Crippen LogP) is 4.75. The fourth-order valence-corrected chi connectivity index (χ4v) is 3.38. The maximum atomic E-state index is 12.7. The maximum absolute atomic E-state index is 12.7. The Morgan fingerprint density at radius 3 is 2.74 bits per heavy atom. The molecule has 27 heavy (non-hydrogen) atoms.